The molecule has 146 valence electrons. The van der Waals surface area contributed by atoms with Crippen molar-refractivity contribution < 1.29 is 9.50 Å². The van der Waals surface area contributed by atoms with E-state index in [1.807, 2.05) is 24.3 Å². The van der Waals surface area contributed by atoms with Gasteiger partial charge in [-0.3, -0.25) is 10.3 Å². The van der Waals surface area contributed by atoms with Gasteiger partial charge in [-0.25, -0.2) is 4.39 Å². The Bertz CT molecular complexity index is 1140. The van der Waals surface area contributed by atoms with Crippen LogP contribution in [0.3, 0.4) is 0 Å². The summed E-state index contributed by atoms with van der Waals surface area (Å²) in [6, 6.07) is 8.71. The molecule has 1 fully saturated rings. The zero-order chi connectivity index (χ0) is 20.2. The molecular formula is C23H21FN4O. The summed E-state index contributed by atoms with van der Waals surface area (Å²) in [5, 5.41) is 24.1. The molecule has 5 nitrogen and oxygen atoms in total. The molecule has 6 heteroatoms. The molecule has 4 heterocycles. The van der Waals surface area contributed by atoms with E-state index in [-0.39, 0.29) is 23.2 Å². The average molecular weight is 388 g/mol. The largest absolute Gasteiger partial charge is 0.507 e. The number of benzene rings is 1. The number of rotatable bonds is 3. The molecule has 0 amide bonds. The molecule has 3 aromatic rings. The van der Waals surface area contributed by atoms with E-state index in [9.17, 15) is 9.50 Å². The standard InChI is InChI=1S/C23H21FN4O/c1-13(17-11-23(2)7-5-20(26-23)22(17)24)18-3-4-19(28-27-18)16-9-14-6-8-25-12-15(14)10-21(16)29/h3-10,12,17,20,22,26,29H,1,11H2,2H3/t17-,20-,22-,23+/m1/s1. The topological polar surface area (TPSA) is 70.9 Å². The number of piperidine rings is 1. The van der Waals surface area contributed by atoms with Crippen LogP contribution in [0.15, 0.2) is 61.5 Å². The molecular weight excluding hydrogens is 367 g/mol. The van der Waals surface area contributed by atoms with E-state index in [0.717, 1.165) is 10.8 Å². The maximum absolute atomic E-state index is 14.9. The highest BCUT2D eigenvalue weighted by molar-refractivity contribution is 5.89. The molecule has 29 heavy (non-hydrogen) atoms. The van der Waals surface area contributed by atoms with Crippen LogP contribution in [-0.2, 0) is 0 Å². The second kappa shape index (κ2) is 6.46. The van der Waals surface area contributed by atoms with E-state index in [1.54, 1.807) is 30.6 Å². The number of aromatic nitrogens is 3. The number of allylic oxidation sites excluding steroid dienone is 1. The van der Waals surface area contributed by atoms with E-state index in [2.05, 4.69) is 34.0 Å². The molecule has 0 unspecified atom stereocenters. The number of alkyl halides is 1. The second-order valence-corrected chi connectivity index (χ2v) is 8.12. The number of nitrogens with zero attached hydrogens (tertiary/aromatic N) is 3. The summed E-state index contributed by atoms with van der Waals surface area (Å²) in [5.41, 5.74) is 2.17. The predicted molar refractivity (Wildman–Crippen MR) is 111 cm³/mol. The van der Waals surface area contributed by atoms with Crippen LogP contribution < -0.4 is 5.32 Å². The van der Waals surface area contributed by atoms with Crippen molar-refractivity contribution >= 4 is 16.3 Å². The number of nitrogens with one attached hydrogen (secondary N) is 1. The number of hydrogen-bond donors (Lipinski definition) is 2. The first-order valence-electron chi connectivity index (χ1n) is 9.65. The Morgan fingerprint density at radius 3 is 2.90 bits per heavy atom. The highest BCUT2D eigenvalue weighted by Gasteiger charge is 2.46. The molecule has 2 aliphatic rings. The number of fused-ring (bicyclic) bond motifs is 3. The van der Waals surface area contributed by atoms with Crippen molar-refractivity contribution in [2.45, 2.75) is 31.1 Å². The highest BCUT2D eigenvalue weighted by Crippen LogP contribution is 2.41. The van der Waals surface area contributed by atoms with Gasteiger partial charge in [-0.05, 0) is 54.6 Å². The molecule has 5 rings (SSSR count). The molecule has 2 aromatic heterocycles. The van der Waals surface area contributed by atoms with Gasteiger partial charge in [-0.1, -0.05) is 18.7 Å². The molecule has 0 radical (unpaired) electrons. The Balaban J connectivity index is 1.43. The smallest absolute Gasteiger partial charge is 0.126 e. The summed E-state index contributed by atoms with van der Waals surface area (Å²) in [6.45, 7) is 6.21. The first-order chi connectivity index (χ1) is 13.9. The van der Waals surface area contributed by atoms with E-state index in [1.165, 1.54) is 0 Å². The predicted octanol–water partition coefficient (Wildman–Crippen LogP) is 4.06. The number of aromatic hydroxyl groups is 1. The molecule has 2 aliphatic heterocycles. The zero-order valence-electron chi connectivity index (χ0n) is 16.0. The third-order valence-corrected chi connectivity index (χ3v) is 6.01. The van der Waals surface area contributed by atoms with Crippen LogP contribution in [0, 0.1) is 5.92 Å². The fourth-order valence-corrected chi connectivity index (χ4v) is 4.41. The SMILES string of the molecule is C=C(c1ccc(-c2cc3ccncc3cc2O)nn1)[C@H]1C[C@]2(C)C=C[C@@H](N2)[C@@H]1F. The number of halogens is 1. The van der Waals surface area contributed by atoms with Gasteiger partial charge in [0.2, 0.25) is 0 Å². The van der Waals surface area contributed by atoms with Gasteiger partial charge in [0.1, 0.15) is 11.9 Å². The minimum absolute atomic E-state index is 0.115. The molecule has 2 N–H and O–H groups in total. The van der Waals surface area contributed by atoms with Crippen LogP contribution >= 0.6 is 0 Å². The van der Waals surface area contributed by atoms with Gasteiger partial charge in [-0.15, -0.1) is 5.10 Å². The summed E-state index contributed by atoms with van der Waals surface area (Å²) in [7, 11) is 0. The summed E-state index contributed by atoms with van der Waals surface area (Å²) >= 11 is 0. The Kier molecular flexibility index (Phi) is 3.99. The van der Waals surface area contributed by atoms with Crippen LogP contribution in [0.1, 0.15) is 19.0 Å². The molecule has 1 saturated heterocycles. The van der Waals surface area contributed by atoms with Crippen molar-refractivity contribution in [1.82, 2.24) is 20.5 Å². The van der Waals surface area contributed by atoms with Gasteiger partial charge in [0.05, 0.1) is 17.4 Å². The monoisotopic (exact) mass is 388 g/mol. The summed E-state index contributed by atoms with van der Waals surface area (Å²) in [6.07, 6.45) is 6.94. The van der Waals surface area contributed by atoms with E-state index in [0.29, 0.717) is 28.9 Å². The number of pyridine rings is 1. The van der Waals surface area contributed by atoms with Gasteiger partial charge in [0.25, 0.3) is 0 Å². The molecule has 2 bridgehead atoms. The summed E-state index contributed by atoms with van der Waals surface area (Å²) in [4.78, 5) is 4.07. The Morgan fingerprint density at radius 1 is 1.24 bits per heavy atom. The zero-order valence-corrected chi connectivity index (χ0v) is 16.0. The van der Waals surface area contributed by atoms with Crippen LogP contribution in [-0.4, -0.2) is 38.0 Å². The van der Waals surface area contributed by atoms with E-state index in [4.69, 9.17) is 0 Å². The van der Waals surface area contributed by atoms with Gasteiger partial charge < -0.3 is 5.11 Å². The molecule has 0 spiro atoms. The van der Waals surface area contributed by atoms with Crippen LogP contribution in [0.5, 0.6) is 5.75 Å². The van der Waals surface area contributed by atoms with Crippen LogP contribution in [0.25, 0.3) is 27.6 Å². The average Bonchev–Trinajstić information content (AvgIpc) is 3.07. The van der Waals surface area contributed by atoms with Gasteiger partial charge in [0, 0.05) is 34.8 Å². The Labute approximate surface area is 168 Å². The molecule has 1 aromatic carbocycles. The van der Waals surface area contributed by atoms with Crippen molar-refractivity contribution in [2.24, 2.45) is 5.92 Å². The molecule has 0 saturated carbocycles. The van der Waals surface area contributed by atoms with Gasteiger partial charge in [-0.2, -0.15) is 5.10 Å². The fraction of sp³-hybridized carbons (Fsp3) is 0.261. The maximum atomic E-state index is 14.9. The van der Waals surface area contributed by atoms with Crippen molar-refractivity contribution in [3.05, 3.63) is 67.2 Å². The molecule has 0 aliphatic carbocycles. The normalized spacial score (nSPS) is 28.0. The van der Waals surface area contributed by atoms with Crippen LogP contribution in [0.2, 0.25) is 0 Å². The summed E-state index contributed by atoms with van der Waals surface area (Å²) in [5.74, 6) is -0.202. The number of phenolic OH excluding ortho intramolecular Hbond substituents is 1. The van der Waals surface area contributed by atoms with Gasteiger partial charge in [0.15, 0.2) is 0 Å². The number of phenols is 1. The van der Waals surface area contributed by atoms with Gasteiger partial charge >= 0.3 is 0 Å². The lowest BCUT2D eigenvalue weighted by molar-refractivity contribution is 0.146. The second-order valence-electron chi connectivity index (χ2n) is 8.12. The third-order valence-electron chi connectivity index (χ3n) is 6.01. The van der Waals surface area contributed by atoms with E-state index < -0.39 is 6.17 Å². The van der Waals surface area contributed by atoms with Crippen molar-refractivity contribution in [2.75, 3.05) is 0 Å². The third kappa shape index (κ3) is 3.00. The first kappa shape index (κ1) is 17.9. The quantitative estimate of drug-likeness (QED) is 0.662. The maximum Gasteiger partial charge on any atom is 0.126 e. The lowest BCUT2D eigenvalue weighted by atomic mass is 9.78. The van der Waals surface area contributed by atoms with Crippen molar-refractivity contribution in [3.8, 4) is 17.0 Å². The van der Waals surface area contributed by atoms with Crippen LogP contribution in [0.4, 0.5) is 4.39 Å². The lowest BCUT2D eigenvalue weighted by Gasteiger charge is -2.39. The first-order valence-corrected chi connectivity index (χ1v) is 9.65. The molecule has 4 atom stereocenters. The highest BCUT2D eigenvalue weighted by atomic mass is 19.1. The Morgan fingerprint density at radius 2 is 2.10 bits per heavy atom. The van der Waals surface area contributed by atoms with Crippen molar-refractivity contribution in [3.63, 3.8) is 0 Å². The fourth-order valence-electron chi connectivity index (χ4n) is 4.41. The summed E-state index contributed by atoms with van der Waals surface area (Å²) < 4.78 is 14.9. The minimum atomic E-state index is -1.05. The Hall–Kier alpha value is -3.12. The number of hydrogen-bond acceptors (Lipinski definition) is 5. The van der Waals surface area contributed by atoms with Crippen molar-refractivity contribution in [1.29, 1.82) is 0 Å². The van der Waals surface area contributed by atoms with E-state index >= 15 is 0 Å². The lowest BCUT2D eigenvalue weighted by Crippen LogP contribution is -2.54. The minimum Gasteiger partial charge on any atom is -0.507 e.